The van der Waals surface area contributed by atoms with Crippen LogP contribution in [-0.2, 0) is 4.79 Å². The molecule has 4 rings (SSSR count). The Morgan fingerprint density at radius 3 is 2.55 bits per heavy atom. The predicted molar refractivity (Wildman–Crippen MR) is 121 cm³/mol. The number of rotatable bonds is 5. The van der Waals surface area contributed by atoms with Crippen LogP contribution in [0, 0.1) is 0 Å². The van der Waals surface area contributed by atoms with Crippen LogP contribution in [-0.4, -0.2) is 30.3 Å². The molecule has 0 spiro atoms. The van der Waals surface area contributed by atoms with E-state index in [9.17, 15) is 9.59 Å². The Bertz CT molecular complexity index is 1160. The first-order chi connectivity index (χ1) is 15.1. The number of nitrogens with zero attached hydrogens (tertiary/aromatic N) is 1. The lowest BCUT2D eigenvalue weighted by Gasteiger charge is -2.15. The van der Waals surface area contributed by atoms with Gasteiger partial charge in [-0.25, -0.2) is 4.99 Å². The van der Waals surface area contributed by atoms with Gasteiger partial charge in [-0.1, -0.05) is 54.1 Å². The summed E-state index contributed by atoms with van der Waals surface area (Å²) in [6.07, 6.45) is -1.12. The number of fused-ring (bicyclic) bond motifs is 1. The number of hydrogen-bond acceptors (Lipinski definition) is 4. The monoisotopic (exact) mass is 433 g/mol. The Hall–Kier alpha value is -3.64. The molecular formula is C24H20ClN3O3. The summed E-state index contributed by atoms with van der Waals surface area (Å²) >= 11 is 6.04. The third-order valence-electron chi connectivity index (χ3n) is 4.76. The number of nitrogens with one attached hydrogen (secondary N) is 2. The van der Waals surface area contributed by atoms with Gasteiger partial charge in [-0.3, -0.25) is 9.59 Å². The molecule has 1 atom stereocenters. The Morgan fingerprint density at radius 2 is 1.77 bits per heavy atom. The van der Waals surface area contributed by atoms with Crippen molar-refractivity contribution in [1.29, 1.82) is 0 Å². The van der Waals surface area contributed by atoms with E-state index in [0.29, 0.717) is 34.3 Å². The van der Waals surface area contributed by atoms with Crippen LogP contribution in [0.2, 0.25) is 5.02 Å². The topological polar surface area (TPSA) is 79.8 Å². The summed E-state index contributed by atoms with van der Waals surface area (Å²) in [5, 5.41) is 6.18. The number of para-hydroxylation sites is 2. The molecule has 0 fully saturated rings. The van der Waals surface area contributed by atoms with E-state index in [0.717, 1.165) is 11.1 Å². The van der Waals surface area contributed by atoms with Gasteiger partial charge in [0.05, 0.1) is 23.6 Å². The first-order valence-corrected chi connectivity index (χ1v) is 10.2. The molecule has 1 unspecified atom stereocenters. The van der Waals surface area contributed by atoms with Gasteiger partial charge in [0, 0.05) is 16.1 Å². The molecular weight excluding hydrogens is 414 g/mol. The van der Waals surface area contributed by atoms with Crippen molar-refractivity contribution in [2.75, 3.05) is 11.9 Å². The van der Waals surface area contributed by atoms with Crippen LogP contribution < -0.4 is 15.4 Å². The first-order valence-electron chi connectivity index (χ1n) is 9.83. The zero-order chi connectivity index (χ0) is 21.8. The largest absolute Gasteiger partial charge is 0.493 e. The molecule has 31 heavy (non-hydrogen) atoms. The minimum atomic E-state index is -1.12. The molecule has 7 heteroatoms. The van der Waals surface area contributed by atoms with Gasteiger partial charge >= 0.3 is 0 Å². The summed E-state index contributed by atoms with van der Waals surface area (Å²) in [4.78, 5) is 30.5. The average molecular weight is 434 g/mol. The molecule has 3 aromatic rings. The number of anilines is 1. The van der Waals surface area contributed by atoms with Crippen molar-refractivity contribution < 1.29 is 14.3 Å². The number of carbonyl (C=O) groups is 2. The second kappa shape index (κ2) is 9.02. The molecule has 1 aliphatic heterocycles. The van der Waals surface area contributed by atoms with Gasteiger partial charge < -0.3 is 15.4 Å². The van der Waals surface area contributed by atoms with Crippen LogP contribution in [0.3, 0.4) is 0 Å². The van der Waals surface area contributed by atoms with Crippen molar-refractivity contribution in [2.45, 2.75) is 13.1 Å². The Morgan fingerprint density at radius 1 is 1.06 bits per heavy atom. The molecule has 1 aliphatic rings. The molecule has 0 aromatic heterocycles. The van der Waals surface area contributed by atoms with E-state index in [1.165, 1.54) is 0 Å². The summed E-state index contributed by atoms with van der Waals surface area (Å²) in [6, 6.07) is 21.4. The van der Waals surface area contributed by atoms with E-state index >= 15 is 0 Å². The molecule has 156 valence electrons. The molecule has 6 nitrogen and oxygen atoms in total. The van der Waals surface area contributed by atoms with E-state index in [1.807, 2.05) is 37.3 Å². The molecule has 1 heterocycles. The lowest BCUT2D eigenvalue weighted by Crippen LogP contribution is -2.42. The van der Waals surface area contributed by atoms with Crippen molar-refractivity contribution in [1.82, 2.24) is 5.32 Å². The summed E-state index contributed by atoms with van der Waals surface area (Å²) in [7, 11) is 0. The number of halogens is 1. The second-order valence-electron chi connectivity index (χ2n) is 6.82. The Kier molecular flexibility index (Phi) is 6.00. The van der Waals surface area contributed by atoms with E-state index in [-0.39, 0.29) is 0 Å². The molecule has 0 saturated heterocycles. The van der Waals surface area contributed by atoms with Gasteiger partial charge in [0.25, 0.3) is 11.8 Å². The smallest absolute Gasteiger partial charge is 0.269 e. The van der Waals surface area contributed by atoms with Gasteiger partial charge in [-0.15, -0.1) is 0 Å². The lowest BCUT2D eigenvalue weighted by atomic mass is 10.0. The van der Waals surface area contributed by atoms with Crippen molar-refractivity contribution in [2.24, 2.45) is 4.99 Å². The third-order valence-corrected chi connectivity index (χ3v) is 5.02. The van der Waals surface area contributed by atoms with Crippen LogP contribution in [0.1, 0.15) is 28.4 Å². The molecule has 3 aromatic carbocycles. The number of carbonyl (C=O) groups excluding carboxylic acids is 2. The molecule has 2 N–H and O–H groups in total. The van der Waals surface area contributed by atoms with E-state index in [2.05, 4.69) is 15.6 Å². The van der Waals surface area contributed by atoms with Crippen molar-refractivity contribution in [3.63, 3.8) is 0 Å². The van der Waals surface area contributed by atoms with Gasteiger partial charge in [0.15, 0.2) is 0 Å². The summed E-state index contributed by atoms with van der Waals surface area (Å²) in [6.45, 7) is 2.26. The highest BCUT2D eigenvalue weighted by atomic mass is 35.5. The minimum Gasteiger partial charge on any atom is -0.493 e. The lowest BCUT2D eigenvalue weighted by molar-refractivity contribution is -0.117. The van der Waals surface area contributed by atoms with E-state index < -0.39 is 18.0 Å². The average Bonchev–Trinajstić information content (AvgIpc) is 2.91. The molecule has 0 saturated carbocycles. The SMILES string of the molecule is CCOc1ccccc1C(=O)NC1N=C(c2ccc(Cl)cc2)c2ccccc2NC1=O. The van der Waals surface area contributed by atoms with Gasteiger partial charge in [0.2, 0.25) is 6.17 Å². The fourth-order valence-electron chi connectivity index (χ4n) is 3.33. The van der Waals surface area contributed by atoms with Crippen LogP contribution in [0.25, 0.3) is 0 Å². The minimum absolute atomic E-state index is 0.335. The molecule has 0 radical (unpaired) electrons. The number of benzodiazepines with no additional fused rings is 1. The van der Waals surface area contributed by atoms with Crippen LogP contribution in [0.5, 0.6) is 5.75 Å². The molecule has 0 bridgehead atoms. The van der Waals surface area contributed by atoms with Gasteiger partial charge in [-0.2, -0.15) is 0 Å². The van der Waals surface area contributed by atoms with Gasteiger partial charge in [-0.05, 0) is 37.3 Å². The van der Waals surface area contributed by atoms with E-state index in [1.54, 1.807) is 42.5 Å². The number of amides is 2. The maximum absolute atomic E-state index is 13.0. The van der Waals surface area contributed by atoms with E-state index in [4.69, 9.17) is 16.3 Å². The highest BCUT2D eigenvalue weighted by molar-refractivity contribution is 6.30. The second-order valence-corrected chi connectivity index (χ2v) is 7.26. The van der Waals surface area contributed by atoms with Crippen LogP contribution in [0.15, 0.2) is 77.8 Å². The summed E-state index contributed by atoms with van der Waals surface area (Å²) in [5.41, 5.74) is 3.07. The predicted octanol–water partition coefficient (Wildman–Crippen LogP) is 4.28. The number of ether oxygens (including phenoxy) is 1. The third kappa shape index (κ3) is 4.44. The molecule has 2 amide bonds. The Balaban J connectivity index is 1.72. The first kappa shape index (κ1) is 20.6. The van der Waals surface area contributed by atoms with Crippen LogP contribution in [0.4, 0.5) is 5.69 Å². The van der Waals surface area contributed by atoms with Crippen molar-refractivity contribution in [3.8, 4) is 5.75 Å². The fourth-order valence-corrected chi connectivity index (χ4v) is 3.46. The number of aliphatic imine (C=N–C) groups is 1. The van der Waals surface area contributed by atoms with Gasteiger partial charge in [0.1, 0.15) is 5.75 Å². The maximum Gasteiger partial charge on any atom is 0.269 e. The molecule has 0 aliphatic carbocycles. The highest BCUT2D eigenvalue weighted by Gasteiger charge is 2.28. The fraction of sp³-hybridized carbons (Fsp3) is 0.125. The quantitative estimate of drug-likeness (QED) is 0.630. The number of hydrogen-bond donors (Lipinski definition) is 2. The van der Waals surface area contributed by atoms with Crippen molar-refractivity contribution >= 4 is 34.8 Å². The number of benzene rings is 3. The standard InChI is InChI=1S/C24H20ClN3O3/c1-2-31-20-10-6-4-8-18(20)23(29)28-22-24(30)26-19-9-5-3-7-17(19)21(27-22)15-11-13-16(25)14-12-15/h3-14,22H,2H2,1H3,(H,26,30)(H,28,29). The maximum atomic E-state index is 13.0. The summed E-state index contributed by atoms with van der Waals surface area (Å²) in [5.74, 6) is -0.435. The summed E-state index contributed by atoms with van der Waals surface area (Å²) < 4.78 is 5.54. The highest BCUT2D eigenvalue weighted by Crippen LogP contribution is 2.25. The zero-order valence-corrected chi connectivity index (χ0v) is 17.5. The van der Waals surface area contributed by atoms with Crippen LogP contribution >= 0.6 is 11.6 Å². The Labute approximate surface area is 184 Å². The zero-order valence-electron chi connectivity index (χ0n) is 16.8. The normalized spacial score (nSPS) is 15.2. The van der Waals surface area contributed by atoms with Crippen molar-refractivity contribution in [3.05, 3.63) is 94.5 Å².